The summed E-state index contributed by atoms with van der Waals surface area (Å²) in [6.45, 7) is 11.9. The largest absolute Gasteiger partial charge is 0.482 e. The first-order valence-corrected chi connectivity index (χ1v) is 14.6. The van der Waals surface area contributed by atoms with Crippen LogP contribution in [0.5, 0.6) is 5.75 Å². The van der Waals surface area contributed by atoms with Gasteiger partial charge in [-0.3, -0.25) is 9.59 Å². The van der Waals surface area contributed by atoms with E-state index in [-0.39, 0.29) is 24.7 Å². The van der Waals surface area contributed by atoms with Crippen LogP contribution in [0.1, 0.15) is 58.9 Å². The van der Waals surface area contributed by atoms with Crippen molar-refractivity contribution in [2.45, 2.75) is 71.8 Å². The number of nitrogens with zero attached hydrogens (tertiary/aromatic N) is 2. The Kier molecular flexibility index (Phi) is 7.79. The number of alkyl halides is 1. The van der Waals surface area contributed by atoms with Crippen molar-refractivity contribution < 1.29 is 38.0 Å². The maximum Gasteiger partial charge on any atom is 0.466 e. The molecule has 9 nitrogen and oxygen atoms in total. The van der Waals surface area contributed by atoms with Gasteiger partial charge in [-0.15, -0.1) is 6.58 Å². The molecular formula is C31H40BFN2O7. The molecule has 0 unspecified atom stereocenters. The second kappa shape index (κ2) is 10.8. The Hall–Kier alpha value is -3.21. The maximum atomic E-state index is 15.4. The molecule has 4 aliphatic rings. The number of hydrogen-bond donors (Lipinski definition) is 1. The number of halogens is 1. The smallest absolute Gasteiger partial charge is 0.466 e. The summed E-state index contributed by atoms with van der Waals surface area (Å²) >= 11 is 0. The molecule has 0 amide bonds. The van der Waals surface area contributed by atoms with Crippen LogP contribution in [0.15, 0.2) is 36.0 Å². The zero-order valence-electron chi connectivity index (χ0n) is 24.9. The van der Waals surface area contributed by atoms with Gasteiger partial charge in [0.2, 0.25) is 0 Å². The molecule has 3 aliphatic carbocycles. The second-order valence-electron chi connectivity index (χ2n) is 13.2. The summed E-state index contributed by atoms with van der Waals surface area (Å²) < 4.78 is 33.1. The number of carbonyl (C=O) groups excluding carboxylic acids is 3. The first kappa shape index (κ1) is 30.3. The maximum absolute atomic E-state index is 15.4. The highest BCUT2D eigenvalue weighted by atomic mass is 19.1. The lowest BCUT2D eigenvalue weighted by atomic mass is 9.44. The van der Waals surface area contributed by atoms with Crippen LogP contribution in [0.25, 0.3) is 0 Å². The fraction of sp³-hybridized carbons (Fsp3) is 0.613. The summed E-state index contributed by atoms with van der Waals surface area (Å²) in [5, 5.41) is 14.6. The molecule has 0 radical (unpaired) electrons. The van der Waals surface area contributed by atoms with Crippen molar-refractivity contribution >= 4 is 37.0 Å². The molecule has 1 aliphatic heterocycles. The lowest BCUT2D eigenvalue weighted by Crippen LogP contribution is -2.63. The Morgan fingerprint density at radius 3 is 2.74 bits per heavy atom. The minimum atomic E-state index is -1.63. The molecule has 0 aromatic heterocycles. The van der Waals surface area contributed by atoms with E-state index in [0.717, 1.165) is 12.0 Å². The topological polar surface area (TPSA) is 115 Å². The number of hydrazone groups is 1. The molecule has 3 saturated carbocycles. The lowest BCUT2D eigenvalue weighted by molar-refractivity contribution is -0.211. The Bertz CT molecular complexity index is 1310. The molecule has 3 fully saturated rings. The number of esters is 1. The molecule has 11 heteroatoms. The van der Waals surface area contributed by atoms with Gasteiger partial charge in [0, 0.05) is 29.7 Å². The van der Waals surface area contributed by atoms with E-state index in [1.54, 1.807) is 37.5 Å². The number of rotatable bonds is 7. The highest BCUT2D eigenvalue weighted by Crippen LogP contribution is 2.68. The highest BCUT2D eigenvalue weighted by Gasteiger charge is 2.71. The molecule has 1 N–H and O–H groups in total. The van der Waals surface area contributed by atoms with E-state index in [1.807, 2.05) is 27.7 Å². The summed E-state index contributed by atoms with van der Waals surface area (Å²) in [5.74, 6) is -1.80. The van der Waals surface area contributed by atoms with Crippen molar-refractivity contribution in [3.63, 3.8) is 0 Å². The summed E-state index contributed by atoms with van der Waals surface area (Å²) in [6.07, 6.45) is 1.86. The first-order chi connectivity index (χ1) is 19.8. The van der Waals surface area contributed by atoms with Crippen molar-refractivity contribution in [3.05, 3.63) is 36.4 Å². The molecule has 1 heterocycles. The van der Waals surface area contributed by atoms with Crippen molar-refractivity contribution in [1.29, 1.82) is 0 Å². The number of ether oxygens (including phenoxy) is 3. The average Bonchev–Trinajstić information content (AvgIpc) is 3.24. The Morgan fingerprint density at radius 1 is 1.31 bits per heavy atom. The third-order valence-corrected chi connectivity index (χ3v) is 11.2. The van der Waals surface area contributed by atoms with Gasteiger partial charge in [-0.2, -0.15) is 5.10 Å². The molecule has 1 aromatic rings. The number of carbonyl (C=O) groups is 3. The van der Waals surface area contributed by atoms with Gasteiger partial charge in [0.15, 0.2) is 18.6 Å². The van der Waals surface area contributed by atoms with Crippen molar-refractivity contribution in [1.82, 2.24) is 4.92 Å². The van der Waals surface area contributed by atoms with Gasteiger partial charge in [0.05, 0.1) is 6.21 Å². The minimum Gasteiger partial charge on any atom is -0.482 e. The molecule has 1 aromatic carbocycles. The van der Waals surface area contributed by atoms with Crippen LogP contribution in [0.4, 0.5) is 4.39 Å². The van der Waals surface area contributed by atoms with Crippen LogP contribution < -0.4 is 10.2 Å². The second-order valence-corrected chi connectivity index (χ2v) is 13.2. The number of fused-ring (bicyclic) bond motifs is 1. The van der Waals surface area contributed by atoms with Gasteiger partial charge in [-0.1, -0.05) is 39.8 Å². The molecule has 0 saturated heterocycles. The zero-order chi connectivity index (χ0) is 30.6. The Morgan fingerprint density at radius 2 is 2.05 bits per heavy atom. The first-order valence-electron chi connectivity index (χ1n) is 14.6. The van der Waals surface area contributed by atoms with Gasteiger partial charge in [-0.25, -0.2) is 9.18 Å². The van der Waals surface area contributed by atoms with Crippen LogP contribution in [0, 0.1) is 34.0 Å². The van der Waals surface area contributed by atoms with Gasteiger partial charge in [-0.05, 0) is 60.2 Å². The number of benzene rings is 1. The van der Waals surface area contributed by atoms with Crippen molar-refractivity contribution in [3.8, 4) is 5.75 Å². The summed E-state index contributed by atoms with van der Waals surface area (Å²) in [6, 6.07) is 5.08. The quantitative estimate of drug-likeness (QED) is 0.226. The fourth-order valence-corrected chi connectivity index (χ4v) is 8.49. The number of ketones is 1. The molecule has 2 bridgehead atoms. The van der Waals surface area contributed by atoms with E-state index >= 15 is 4.39 Å². The third-order valence-electron chi connectivity index (χ3n) is 11.2. The molecule has 226 valence electrons. The highest BCUT2D eigenvalue weighted by molar-refractivity contribution is 6.65. The van der Waals surface area contributed by atoms with E-state index in [1.165, 1.54) is 4.92 Å². The van der Waals surface area contributed by atoms with E-state index in [4.69, 9.17) is 14.2 Å². The van der Waals surface area contributed by atoms with Crippen LogP contribution in [0.2, 0.25) is 0 Å². The fourth-order valence-electron chi connectivity index (χ4n) is 8.49. The average molecular weight is 582 g/mol. The van der Waals surface area contributed by atoms with E-state index in [2.05, 4.69) is 11.7 Å². The van der Waals surface area contributed by atoms with E-state index < -0.39 is 66.0 Å². The van der Waals surface area contributed by atoms with E-state index in [0.29, 0.717) is 24.1 Å². The number of Topliss-reactive ketones (excluding diaryl/α,β-unsaturated/α-hetero) is 1. The molecular weight excluding hydrogens is 542 g/mol. The van der Waals surface area contributed by atoms with Gasteiger partial charge in [0.25, 0.3) is 6.47 Å². The standard InChI is InChI=1S/C31H40BFN2O7/c1-7-29(4)14-24(42-25(37)16-40-21-9-8-20-15-34-35(6)32(39)22(20)12-21)30(5)18(2)10-11-31(19(3)28(29)41-17-36)13-23(33)26(38)27(30)31/h7-9,12,15,17-19,23-24,27-28,39H,1,10-11,13-14,16H2,2-6H3/t18-,19+,23+,24-,27+,28+,29-,30+,31+/m1/s1. The monoisotopic (exact) mass is 582 g/mol. The Balaban J connectivity index is 1.46. The number of hydrogen-bond acceptors (Lipinski definition) is 9. The van der Waals surface area contributed by atoms with E-state index in [9.17, 15) is 19.4 Å². The Labute approximate surface area is 246 Å². The summed E-state index contributed by atoms with van der Waals surface area (Å²) in [7, 11) is 0.695. The van der Waals surface area contributed by atoms with Crippen molar-refractivity contribution in [2.24, 2.45) is 39.1 Å². The van der Waals surface area contributed by atoms with Gasteiger partial charge in [0.1, 0.15) is 18.0 Å². The predicted octanol–water partition coefficient (Wildman–Crippen LogP) is 3.07. The normalized spacial score (nSPS) is 39.0. The zero-order valence-corrected chi connectivity index (χ0v) is 24.9. The summed E-state index contributed by atoms with van der Waals surface area (Å²) in [4.78, 5) is 40.1. The predicted molar refractivity (Wildman–Crippen MR) is 155 cm³/mol. The summed E-state index contributed by atoms with van der Waals surface area (Å²) in [5.41, 5.74) is -1.10. The van der Waals surface area contributed by atoms with Crippen LogP contribution in [0.3, 0.4) is 0 Å². The van der Waals surface area contributed by atoms with Crippen LogP contribution >= 0.6 is 0 Å². The van der Waals surface area contributed by atoms with Crippen molar-refractivity contribution in [2.75, 3.05) is 13.7 Å². The molecule has 5 rings (SSSR count). The minimum absolute atomic E-state index is 0.0471. The lowest BCUT2D eigenvalue weighted by Gasteiger charge is -2.61. The third kappa shape index (κ3) is 4.55. The van der Waals surface area contributed by atoms with Gasteiger partial charge < -0.3 is 24.2 Å². The molecule has 9 atom stereocenters. The molecule has 42 heavy (non-hydrogen) atoms. The van der Waals surface area contributed by atoms with Crippen LogP contribution in [-0.2, 0) is 23.9 Å². The van der Waals surface area contributed by atoms with Crippen LogP contribution in [-0.4, -0.2) is 73.5 Å². The van der Waals surface area contributed by atoms with Gasteiger partial charge >= 0.3 is 13.0 Å². The SMILES string of the molecule is C=C[C@]1(C)C[C@@H](OC(=O)COc2ccc3c(c2)B(O)N(C)N=C3)[C@]2(C)[C@H](C)CC[C@]3(C[C@H](F)C(=O)[C@H]32)[C@@H](C)[C@@H]1OC=O. The molecule has 0 spiro atoms.